The van der Waals surface area contributed by atoms with E-state index in [4.69, 9.17) is 26.7 Å². The summed E-state index contributed by atoms with van der Waals surface area (Å²) in [6.07, 6.45) is 0.921. The number of nitrogens with two attached hydrogens (primary N) is 1. The Balaban J connectivity index is 2.23. The molecule has 1 amide bonds. The van der Waals surface area contributed by atoms with Gasteiger partial charge in [-0.3, -0.25) is 13.9 Å². The Labute approximate surface area is 129 Å². The van der Waals surface area contributed by atoms with E-state index in [1.807, 2.05) is 0 Å². The Morgan fingerprint density at radius 3 is 2.70 bits per heavy atom. The molecule has 2 rings (SSSR count). The molecule has 126 valence electrons. The summed E-state index contributed by atoms with van der Waals surface area (Å²) in [5.74, 6) is 1.30. The van der Waals surface area contributed by atoms with Gasteiger partial charge in [-0.25, -0.2) is 9.55 Å². The summed E-state index contributed by atoms with van der Waals surface area (Å²) >= 11 is 0. The first-order valence-corrected chi connectivity index (χ1v) is 7.73. The number of nitrogens with zero attached hydrogens (tertiary/aromatic N) is 2. The molecule has 1 aliphatic rings. The van der Waals surface area contributed by atoms with Crippen LogP contribution in [0, 0.1) is 12.3 Å². The van der Waals surface area contributed by atoms with Crippen molar-refractivity contribution >= 4 is 13.7 Å². The third-order valence-electron chi connectivity index (χ3n) is 3.18. The summed E-state index contributed by atoms with van der Waals surface area (Å²) < 4.78 is 21.4. The minimum Gasteiger partial charge on any atom is -0.387 e. The molecule has 0 aliphatic carbocycles. The molecule has 23 heavy (non-hydrogen) atoms. The fraction of sp³-hybridized carbons (Fsp3) is 0.455. The van der Waals surface area contributed by atoms with Gasteiger partial charge in [0.25, 0.3) is 5.91 Å². The van der Waals surface area contributed by atoms with Gasteiger partial charge in [0.05, 0.1) is 12.9 Å². The monoisotopic (exact) mass is 347 g/mol. The van der Waals surface area contributed by atoms with Crippen molar-refractivity contribution in [1.29, 1.82) is 0 Å². The first kappa shape index (κ1) is 17.6. The highest BCUT2D eigenvalue weighted by Crippen LogP contribution is 2.38. The fourth-order valence-electron chi connectivity index (χ4n) is 2.14. The van der Waals surface area contributed by atoms with Crippen LogP contribution in [0.15, 0.2) is 6.33 Å². The molecule has 4 atom stereocenters. The topological polar surface area (TPSA) is 177 Å². The van der Waals surface area contributed by atoms with E-state index in [-0.39, 0.29) is 11.4 Å². The summed E-state index contributed by atoms with van der Waals surface area (Å²) in [7, 11) is -4.77. The molecule has 0 aromatic carbocycles. The van der Waals surface area contributed by atoms with Gasteiger partial charge in [0.2, 0.25) is 0 Å². The van der Waals surface area contributed by atoms with Gasteiger partial charge < -0.3 is 30.5 Å². The van der Waals surface area contributed by atoms with E-state index in [0.717, 1.165) is 10.9 Å². The summed E-state index contributed by atoms with van der Waals surface area (Å²) in [5, 5.41) is 19.9. The molecule has 2 heterocycles. The van der Waals surface area contributed by atoms with E-state index < -0.39 is 44.9 Å². The molecule has 0 saturated carbocycles. The minimum absolute atomic E-state index is 0.0645. The van der Waals surface area contributed by atoms with Crippen LogP contribution in [-0.2, 0) is 13.8 Å². The number of rotatable bonds is 5. The number of phosphoric acid groups is 1. The predicted molar refractivity (Wildman–Crippen MR) is 72.6 cm³/mol. The Morgan fingerprint density at radius 1 is 1.52 bits per heavy atom. The maximum Gasteiger partial charge on any atom is 0.469 e. The highest BCUT2D eigenvalue weighted by atomic mass is 31.2. The lowest BCUT2D eigenvalue weighted by atomic mass is 10.1. The van der Waals surface area contributed by atoms with Crippen LogP contribution in [0.2, 0.25) is 0 Å². The molecule has 6 N–H and O–H groups in total. The number of aliphatic hydroxyl groups is 2. The lowest BCUT2D eigenvalue weighted by Crippen LogP contribution is -2.33. The second-order valence-electron chi connectivity index (χ2n) is 4.69. The van der Waals surface area contributed by atoms with Crippen molar-refractivity contribution < 1.29 is 38.6 Å². The second kappa shape index (κ2) is 6.38. The van der Waals surface area contributed by atoms with Gasteiger partial charge in [-0.1, -0.05) is 0 Å². The molecule has 11 nitrogen and oxygen atoms in total. The largest absolute Gasteiger partial charge is 0.469 e. The van der Waals surface area contributed by atoms with E-state index in [0.29, 0.717) is 0 Å². The number of amides is 1. The quantitative estimate of drug-likeness (QED) is 0.289. The van der Waals surface area contributed by atoms with Crippen LogP contribution >= 0.6 is 7.82 Å². The van der Waals surface area contributed by atoms with E-state index in [1.54, 1.807) is 0 Å². The Morgan fingerprint density at radius 2 is 2.17 bits per heavy atom. The molecular formula is C11H14N3O8P. The third kappa shape index (κ3) is 3.60. The summed E-state index contributed by atoms with van der Waals surface area (Å²) in [4.78, 5) is 32.3. The van der Waals surface area contributed by atoms with Crippen LogP contribution in [0.5, 0.6) is 0 Å². The summed E-state index contributed by atoms with van der Waals surface area (Å²) in [6, 6.07) is 0. The van der Waals surface area contributed by atoms with Gasteiger partial charge in [0.1, 0.15) is 24.0 Å². The van der Waals surface area contributed by atoms with Crippen molar-refractivity contribution in [2.45, 2.75) is 24.5 Å². The van der Waals surface area contributed by atoms with Crippen LogP contribution < -0.4 is 5.73 Å². The second-order valence-corrected chi connectivity index (χ2v) is 5.93. The van der Waals surface area contributed by atoms with E-state index in [1.165, 1.54) is 0 Å². The molecule has 1 aliphatic heterocycles. The Hall–Kier alpha value is -1.77. The van der Waals surface area contributed by atoms with Crippen molar-refractivity contribution in [1.82, 2.24) is 9.55 Å². The molecular weight excluding hydrogens is 333 g/mol. The van der Waals surface area contributed by atoms with Crippen LogP contribution in [0.3, 0.4) is 0 Å². The lowest BCUT2D eigenvalue weighted by molar-refractivity contribution is -0.0524. The molecule has 12 heteroatoms. The molecule has 1 aromatic heterocycles. The van der Waals surface area contributed by atoms with Crippen LogP contribution in [0.1, 0.15) is 22.4 Å². The van der Waals surface area contributed by atoms with Gasteiger partial charge >= 0.3 is 7.82 Å². The van der Waals surface area contributed by atoms with E-state index >= 15 is 0 Å². The third-order valence-corrected chi connectivity index (χ3v) is 3.67. The predicted octanol–water partition coefficient (Wildman–Crippen LogP) is -2.31. The average Bonchev–Trinajstić information content (AvgIpc) is 2.99. The number of imidazole rings is 1. The van der Waals surface area contributed by atoms with E-state index in [9.17, 15) is 19.6 Å². The Kier molecular flexibility index (Phi) is 4.88. The lowest BCUT2D eigenvalue weighted by Gasteiger charge is -2.17. The van der Waals surface area contributed by atoms with Crippen molar-refractivity contribution in [2.75, 3.05) is 6.61 Å². The molecule has 1 saturated heterocycles. The van der Waals surface area contributed by atoms with Crippen molar-refractivity contribution in [3.63, 3.8) is 0 Å². The van der Waals surface area contributed by atoms with Gasteiger partial charge in [0.15, 0.2) is 11.9 Å². The number of phosphoric ester groups is 1. The zero-order valence-electron chi connectivity index (χ0n) is 11.5. The molecule has 1 aromatic rings. The number of aromatic nitrogens is 2. The standard InChI is InChI=1S/C11H14N3O8P/c1-2-5-7(10(12)17)13-4-14(5)11-9(16)8(15)6(22-11)3-21-23(18,19)20/h1,4,6,8-9,11,15-16H,3H2,(H2,12,17)(H2,18,19,20)/t6-,8-,9-,11+/m1/s1. The number of primary amides is 1. The molecule has 1 fully saturated rings. The maximum atomic E-state index is 11.2. The highest BCUT2D eigenvalue weighted by Gasteiger charge is 2.45. The number of carbonyl (C=O) groups excluding carboxylic acids is 1. The van der Waals surface area contributed by atoms with Crippen LogP contribution in [0.25, 0.3) is 0 Å². The first-order chi connectivity index (χ1) is 10.7. The summed E-state index contributed by atoms with van der Waals surface area (Å²) in [6.45, 7) is -0.665. The average molecular weight is 347 g/mol. The number of ether oxygens (including phenoxy) is 1. The van der Waals surface area contributed by atoms with Crippen LogP contribution in [-0.4, -0.2) is 60.4 Å². The number of carbonyl (C=O) groups is 1. The normalized spacial score (nSPS) is 27.8. The van der Waals surface area contributed by atoms with E-state index in [2.05, 4.69) is 15.4 Å². The molecule has 0 radical (unpaired) electrons. The van der Waals surface area contributed by atoms with Gasteiger partial charge in [-0.05, 0) is 5.92 Å². The molecule has 0 unspecified atom stereocenters. The van der Waals surface area contributed by atoms with Gasteiger partial charge in [0, 0.05) is 0 Å². The first-order valence-electron chi connectivity index (χ1n) is 6.20. The van der Waals surface area contributed by atoms with Crippen molar-refractivity contribution in [2.24, 2.45) is 5.73 Å². The Bertz CT molecular complexity index is 692. The SMILES string of the molecule is C#Cc1c(C(N)=O)ncn1[C@H]1O[C@H](COP(=O)(O)O)[C@@H](O)[C@H]1O. The summed E-state index contributed by atoms with van der Waals surface area (Å²) in [5.41, 5.74) is 4.84. The minimum atomic E-state index is -4.77. The zero-order valence-corrected chi connectivity index (χ0v) is 12.4. The number of aliphatic hydroxyl groups excluding tert-OH is 2. The smallest absolute Gasteiger partial charge is 0.387 e. The zero-order chi connectivity index (χ0) is 17.4. The number of hydrogen-bond acceptors (Lipinski definition) is 7. The molecule has 0 spiro atoms. The number of hydrogen-bond donors (Lipinski definition) is 5. The number of terminal acetylenes is 1. The fourth-order valence-corrected chi connectivity index (χ4v) is 2.49. The van der Waals surface area contributed by atoms with Crippen molar-refractivity contribution in [3.8, 4) is 12.3 Å². The highest BCUT2D eigenvalue weighted by molar-refractivity contribution is 7.46. The maximum absolute atomic E-state index is 11.2. The molecule has 0 bridgehead atoms. The van der Waals surface area contributed by atoms with Gasteiger partial charge in [-0.15, -0.1) is 6.42 Å². The van der Waals surface area contributed by atoms with Crippen LogP contribution in [0.4, 0.5) is 0 Å². The van der Waals surface area contributed by atoms with Crippen molar-refractivity contribution in [3.05, 3.63) is 17.7 Å². The van der Waals surface area contributed by atoms with Gasteiger partial charge in [-0.2, -0.15) is 0 Å².